The van der Waals surface area contributed by atoms with Crippen LogP contribution in [0.3, 0.4) is 0 Å². The zero-order chi connectivity index (χ0) is 17.9. The molecular weight excluding hydrogens is 318 g/mol. The number of hydrogen-bond acceptors (Lipinski definition) is 5. The molecule has 0 saturated carbocycles. The first-order chi connectivity index (χ1) is 11.9. The third-order valence-electron chi connectivity index (χ3n) is 3.96. The van der Waals surface area contributed by atoms with Crippen molar-refractivity contribution in [3.63, 3.8) is 0 Å². The molecule has 1 aromatic carbocycles. The summed E-state index contributed by atoms with van der Waals surface area (Å²) in [5, 5.41) is 14.3. The fourth-order valence-corrected chi connectivity index (χ4v) is 2.79. The lowest BCUT2D eigenvalue weighted by Gasteiger charge is -2.22. The second-order valence-electron chi connectivity index (χ2n) is 7.26. The van der Waals surface area contributed by atoms with Crippen molar-refractivity contribution in [1.82, 2.24) is 20.3 Å². The van der Waals surface area contributed by atoms with E-state index in [0.29, 0.717) is 17.4 Å². The first kappa shape index (κ1) is 17.4. The van der Waals surface area contributed by atoms with Crippen LogP contribution in [0.25, 0.3) is 0 Å². The largest absolute Gasteiger partial charge is 0.488 e. The standard InChI is InChI=1S/C18H25N5O2/c1-18(2,3)25-15-6-4-13(5-7-15)20-17(24)16-12-23(22-21-16)14-8-10-19-11-9-14/h4-7,12,14,19H,8-11H2,1-3H3,(H,20,24). The van der Waals surface area contributed by atoms with E-state index in [-0.39, 0.29) is 11.5 Å². The predicted octanol–water partition coefficient (Wildman–Crippen LogP) is 2.63. The second-order valence-corrected chi connectivity index (χ2v) is 7.26. The van der Waals surface area contributed by atoms with Gasteiger partial charge in [0.2, 0.25) is 0 Å². The Morgan fingerprint density at radius 2 is 1.92 bits per heavy atom. The van der Waals surface area contributed by atoms with Crippen molar-refractivity contribution in [1.29, 1.82) is 0 Å². The van der Waals surface area contributed by atoms with E-state index in [1.165, 1.54) is 0 Å². The van der Waals surface area contributed by atoms with E-state index in [9.17, 15) is 4.79 Å². The summed E-state index contributed by atoms with van der Waals surface area (Å²) >= 11 is 0. The molecule has 0 bridgehead atoms. The molecule has 7 nitrogen and oxygen atoms in total. The number of piperidine rings is 1. The molecule has 7 heteroatoms. The maximum absolute atomic E-state index is 12.4. The van der Waals surface area contributed by atoms with Gasteiger partial charge in [0.15, 0.2) is 5.69 Å². The average Bonchev–Trinajstić information content (AvgIpc) is 3.06. The second kappa shape index (κ2) is 7.23. The van der Waals surface area contributed by atoms with Crippen LogP contribution in [0.1, 0.15) is 50.1 Å². The summed E-state index contributed by atoms with van der Waals surface area (Å²) in [5.41, 5.74) is 0.772. The molecule has 0 aliphatic carbocycles. The number of anilines is 1. The van der Waals surface area contributed by atoms with Crippen LogP contribution in [0, 0.1) is 0 Å². The van der Waals surface area contributed by atoms with Crippen LogP contribution in [0.4, 0.5) is 5.69 Å². The molecule has 25 heavy (non-hydrogen) atoms. The van der Waals surface area contributed by atoms with Crippen LogP contribution in [0.2, 0.25) is 0 Å². The number of carbonyl (C=O) groups is 1. The van der Waals surface area contributed by atoms with E-state index < -0.39 is 0 Å². The van der Waals surface area contributed by atoms with Gasteiger partial charge in [-0.05, 0) is 71.0 Å². The van der Waals surface area contributed by atoms with Crippen molar-refractivity contribution in [3.05, 3.63) is 36.2 Å². The van der Waals surface area contributed by atoms with E-state index in [4.69, 9.17) is 4.74 Å². The van der Waals surface area contributed by atoms with Crippen molar-refractivity contribution in [3.8, 4) is 5.75 Å². The molecule has 1 amide bonds. The molecule has 2 heterocycles. The zero-order valence-electron chi connectivity index (χ0n) is 15.0. The Morgan fingerprint density at radius 3 is 2.56 bits per heavy atom. The van der Waals surface area contributed by atoms with Gasteiger partial charge in [-0.1, -0.05) is 5.21 Å². The van der Waals surface area contributed by atoms with Crippen LogP contribution >= 0.6 is 0 Å². The molecule has 0 radical (unpaired) electrons. The van der Waals surface area contributed by atoms with Gasteiger partial charge >= 0.3 is 0 Å². The van der Waals surface area contributed by atoms with Crippen LogP contribution in [-0.4, -0.2) is 39.6 Å². The number of nitrogens with one attached hydrogen (secondary N) is 2. The topological polar surface area (TPSA) is 81.1 Å². The number of benzene rings is 1. The van der Waals surface area contributed by atoms with E-state index in [1.807, 2.05) is 45.0 Å². The monoisotopic (exact) mass is 343 g/mol. The smallest absolute Gasteiger partial charge is 0.277 e. The van der Waals surface area contributed by atoms with E-state index >= 15 is 0 Å². The molecule has 1 saturated heterocycles. The quantitative estimate of drug-likeness (QED) is 0.892. The number of nitrogens with zero attached hydrogens (tertiary/aromatic N) is 3. The van der Waals surface area contributed by atoms with Gasteiger partial charge in [-0.2, -0.15) is 0 Å². The van der Waals surface area contributed by atoms with Crippen molar-refractivity contribution < 1.29 is 9.53 Å². The number of hydrogen-bond donors (Lipinski definition) is 2. The highest BCUT2D eigenvalue weighted by atomic mass is 16.5. The van der Waals surface area contributed by atoms with Crippen molar-refractivity contribution in [2.45, 2.75) is 45.3 Å². The maximum Gasteiger partial charge on any atom is 0.277 e. The molecule has 1 aliphatic rings. The Balaban J connectivity index is 1.61. The Labute approximate surface area is 147 Å². The van der Waals surface area contributed by atoms with Gasteiger partial charge in [0, 0.05) is 5.69 Å². The summed E-state index contributed by atoms with van der Waals surface area (Å²) in [6.45, 7) is 7.92. The molecule has 1 fully saturated rings. The molecule has 2 N–H and O–H groups in total. The fourth-order valence-electron chi connectivity index (χ4n) is 2.79. The first-order valence-corrected chi connectivity index (χ1v) is 8.64. The lowest BCUT2D eigenvalue weighted by Crippen LogP contribution is -2.29. The molecule has 134 valence electrons. The van der Waals surface area contributed by atoms with Gasteiger partial charge in [-0.25, -0.2) is 4.68 Å². The molecule has 2 aromatic rings. The molecule has 3 rings (SSSR count). The Morgan fingerprint density at radius 1 is 1.24 bits per heavy atom. The highest BCUT2D eigenvalue weighted by Gasteiger charge is 2.19. The summed E-state index contributed by atoms with van der Waals surface area (Å²) in [4.78, 5) is 12.4. The predicted molar refractivity (Wildman–Crippen MR) is 95.9 cm³/mol. The zero-order valence-corrected chi connectivity index (χ0v) is 15.0. The fraction of sp³-hybridized carbons (Fsp3) is 0.500. The minimum absolute atomic E-state index is 0.252. The normalized spacial score (nSPS) is 15.8. The summed E-state index contributed by atoms with van der Waals surface area (Å²) < 4.78 is 7.57. The highest BCUT2D eigenvalue weighted by molar-refractivity contribution is 6.02. The van der Waals surface area contributed by atoms with Gasteiger partial charge in [-0.15, -0.1) is 5.10 Å². The number of amides is 1. The molecule has 0 atom stereocenters. The average molecular weight is 343 g/mol. The van der Waals surface area contributed by atoms with Crippen LogP contribution in [0.5, 0.6) is 5.75 Å². The molecule has 0 spiro atoms. The molecular formula is C18H25N5O2. The van der Waals surface area contributed by atoms with E-state index in [1.54, 1.807) is 10.9 Å². The van der Waals surface area contributed by atoms with Gasteiger partial charge in [0.25, 0.3) is 5.91 Å². The molecule has 1 aliphatic heterocycles. The Hall–Kier alpha value is -2.41. The van der Waals surface area contributed by atoms with E-state index in [0.717, 1.165) is 31.7 Å². The van der Waals surface area contributed by atoms with Gasteiger partial charge in [0.1, 0.15) is 11.4 Å². The first-order valence-electron chi connectivity index (χ1n) is 8.64. The van der Waals surface area contributed by atoms with Crippen LogP contribution in [0.15, 0.2) is 30.5 Å². The minimum Gasteiger partial charge on any atom is -0.488 e. The summed E-state index contributed by atoms with van der Waals surface area (Å²) in [7, 11) is 0. The van der Waals surface area contributed by atoms with E-state index in [2.05, 4.69) is 20.9 Å². The number of carbonyl (C=O) groups excluding carboxylic acids is 1. The van der Waals surface area contributed by atoms with Gasteiger partial charge in [0.05, 0.1) is 12.2 Å². The minimum atomic E-state index is -0.260. The Kier molecular flexibility index (Phi) is 5.03. The third kappa shape index (κ3) is 4.79. The SMILES string of the molecule is CC(C)(C)Oc1ccc(NC(=O)c2cn(C3CCNCC3)nn2)cc1. The molecule has 1 aromatic heterocycles. The van der Waals surface area contributed by atoms with Crippen molar-refractivity contribution >= 4 is 11.6 Å². The van der Waals surface area contributed by atoms with Gasteiger partial charge < -0.3 is 15.4 Å². The van der Waals surface area contributed by atoms with Crippen LogP contribution in [-0.2, 0) is 0 Å². The maximum atomic E-state index is 12.4. The number of rotatable bonds is 4. The third-order valence-corrected chi connectivity index (χ3v) is 3.96. The van der Waals surface area contributed by atoms with Crippen LogP contribution < -0.4 is 15.4 Å². The van der Waals surface area contributed by atoms with Gasteiger partial charge in [-0.3, -0.25) is 4.79 Å². The number of aromatic nitrogens is 3. The summed E-state index contributed by atoms with van der Waals surface area (Å²) in [5.74, 6) is 0.507. The number of ether oxygens (including phenoxy) is 1. The lowest BCUT2D eigenvalue weighted by molar-refractivity contribution is 0.102. The van der Waals surface area contributed by atoms with Crippen molar-refractivity contribution in [2.24, 2.45) is 0 Å². The summed E-state index contributed by atoms with van der Waals surface area (Å²) in [6, 6.07) is 7.62. The summed E-state index contributed by atoms with van der Waals surface area (Å²) in [6.07, 6.45) is 3.72. The lowest BCUT2D eigenvalue weighted by atomic mass is 10.1. The van der Waals surface area contributed by atoms with Crippen molar-refractivity contribution in [2.75, 3.05) is 18.4 Å². The molecule has 0 unspecified atom stereocenters. The highest BCUT2D eigenvalue weighted by Crippen LogP contribution is 2.21. The Bertz CT molecular complexity index is 712.